The van der Waals surface area contributed by atoms with E-state index in [0.717, 1.165) is 24.5 Å². The Morgan fingerprint density at radius 3 is 2.79 bits per heavy atom. The summed E-state index contributed by atoms with van der Waals surface area (Å²) in [5.41, 5.74) is -0.846. The van der Waals surface area contributed by atoms with E-state index in [4.69, 9.17) is 11.6 Å². The van der Waals surface area contributed by atoms with Crippen LogP contribution in [0, 0.1) is 6.92 Å². The minimum atomic E-state index is -4.45. The normalized spacial score (nSPS) is 18.0. The zero-order chi connectivity index (χ0) is 17.3. The molecule has 5 nitrogen and oxygen atoms in total. The molecular formula is C15H15ClF3N5. The molecule has 2 aromatic rings. The van der Waals surface area contributed by atoms with E-state index < -0.39 is 11.7 Å². The molecular weight excluding hydrogens is 343 g/mol. The van der Waals surface area contributed by atoms with Crippen LogP contribution >= 0.6 is 11.6 Å². The van der Waals surface area contributed by atoms with Crippen molar-refractivity contribution in [1.29, 1.82) is 0 Å². The minimum absolute atomic E-state index is 0.00311. The van der Waals surface area contributed by atoms with Crippen LogP contribution in [0.15, 0.2) is 24.5 Å². The van der Waals surface area contributed by atoms with Crippen LogP contribution in [0.2, 0.25) is 5.02 Å². The van der Waals surface area contributed by atoms with E-state index in [1.807, 2.05) is 4.90 Å². The summed E-state index contributed by atoms with van der Waals surface area (Å²) in [4.78, 5) is 14.1. The molecule has 1 unspecified atom stereocenters. The SMILES string of the molecule is Cc1nccc(NC2CCN(c3ncc(C(F)(F)F)cc3Cl)C2)n1. The molecule has 0 radical (unpaired) electrons. The number of nitrogens with one attached hydrogen (secondary N) is 1. The lowest BCUT2D eigenvalue weighted by Crippen LogP contribution is -2.27. The highest BCUT2D eigenvalue weighted by Crippen LogP contribution is 2.34. The van der Waals surface area contributed by atoms with Crippen molar-refractivity contribution in [2.75, 3.05) is 23.3 Å². The van der Waals surface area contributed by atoms with Gasteiger partial charge in [-0.05, 0) is 25.5 Å². The summed E-state index contributed by atoms with van der Waals surface area (Å²) in [6.45, 7) is 3.04. The van der Waals surface area contributed by atoms with Gasteiger partial charge in [0.2, 0.25) is 0 Å². The Bertz CT molecular complexity index is 737. The maximum Gasteiger partial charge on any atom is 0.417 e. The lowest BCUT2D eigenvalue weighted by Gasteiger charge is -2.20. The lowest BCUT2D eigenvalue weighted by molar-refractivity contribution is -0.137. The predicted molar refractivity (Wildman–Crippen MR) is 85.3 cm³/mol. The van der Waals surface area contributed by atoms with Crippen molar-refractivity contribution in [2.24, 2.45) is 0 Å². The summed E-state index contributed by atoms with van der Waals surface area (Å²) in [6, 6.07) is 2.80. The van der Waals surface area contributed by atoms with Crippen LogP contribution in [-0.4, -0.2) is 34.1 Å². The summed E-state index contributed by atoms with van der Waals surface area (Å²) >= 11 is 6.00. The smallest absolute Gasteiger partial charge is 0.365 e. The molecule has 1 saturated heterocycles. The van der Waals surface area contributed by atoms with Crippen LogP contribution in [0.1, 0.15) is 17.8 Å². The van der Waals surface area contributed by atoms with Gasteiger partial charge in [0.25, 0.3) is 0 Å². The van der Waals surface area contributed by atoms with Gasteiger partial charge in [0.05, 0.1) is 10.6 Å². The molecule has 1 aliphatic heterocycles. The summed E-state index contributed by atoms with van der Waals surface area (Å²) in [5.74, 6) is 1.76. The van der Waals surface area contributed by atoms with E-state index in [1.54, 1.807) is 19.2 Å². The Labute approximate surface area is 141 Å². The quantitative estimate of drug-likeness (QED) is 0.910. The molecule has 3 heterocycles. The van der Waals surface area contributed by atoms with Gasteiger partial charge in [0.1, 0.15) is 17.5 Å². The largest absolute Gasteiger partial charge is 0.417 e. The fourth-order valence-corrected chi connectivity index (χ4v) is 2.92. The Morgan fingerprint density at radius 1 is 1.33 bits per heavy atom. The van der Waals surface area contributed by atoms with E-state index in [9.17, 15) is 13.2 Å². The molecule has 3 rings (SSSR count). The van der Waals surface area contributed by atoms with Crippen LogP contribution in [0.3, 0.4) is 0 Å². The van der Waals surface area contributed by atoms with E-state index in [2.05, 4.69) is 20.3 Å². The van der Waals surface area contributed by atoms with E-state index >= 15 is 0 Å². The first-order chi connectivity index (χ1) is 11.3. The van der Waals surface area contributed by atoms with Gasteiger partial charge in [0, 0.05) is 31.5 Å². The highest BCUT2D eigenvalue weighted by atomic mass is 35.5. The molecule has 0 amide bonds. The minimum Gasteiger partial charge on any atom is -0.365 e. The van der Waals surface area contributed by atoms with Gasteiger partial charge in [0.15, 0.2) is 0 Å². The molecule has 0 spiro atoms. The van der Waals surface area contributed by atoms with Gasteiger partial charge >= 0.3 is 6.18 Å². The molecule has 0 saturated carbocycles. The van der Waals surface area contributed by atoms with Gasteiger partial charge in [-0.25, -0.2) is 15.0 Å². The fourth-order valence-electron chi connectivity index (χ4n) is 2.63. The maximum atomic E-state index is 12.7. The monoisotopic (exact) mass is 357 g/mol. The Morgan fingerprint density at radius 2 is 2.12 bits per heavy atom. The summed E-state index contributed by atoms with van der Waals surface area (Å²) < 4.78 is 38.0. The highest BCUT2D eigenvalue weighted by Gasteiger charge is 2.33. The number of aromatic nitrogens is 3. The zero-order valence-corrected chi connectivity index (χ0v) is 13.6. The van der Waals surface area contributed by atoms with Gasteiger partial charge < -0.3 is 10.2 Å². The molecule has 1 fully saturated rings. The van der Waals surface area contributed by atoms with E-state index in [1.165, 1.54) is 0 Å². The third kappa shape index (κ3) is 3.69. The molecule has 0 aliphatic carbocycles. The first kappa shape index (κ1) is 16.8. The van der Waals surface area contributed by atoms with Gasteiger partial charge in [-0.15, -0.1) is 0 Å². The molecule has 9 heteroatoms. The number of anilines is 2. The van der Waals surface area contributed by atoms with Gasteiger partial charge in [-0.1, -0.05) is 11.6 Å². The molecule has 2 aromatic heterocycles. The highest BCUT2D eigenvalue weighted by molar-refractivity contribution is 6.33. The van der Waals surface area contributed by atoms with Crippen LogP contribution < -0.4 is 10.2 Å². The first-order valence-corrected chi connectivity index (χ1v) is 7.74. The Balaban J connectivity index is 1.69. The number of alkyl halides is 3. The molecule has 24 heavy (non-hydrogen) atoms. The van der Waals surface area contributed by atoms with Crippen LogP contribution in [-0.2, 0) is 6.18 Å². The molecule has 1 atom stereocenters. The predicted octanol–water partition coefficient (Wildman–Crippen LogP) is 3.54. The van der Waals surface area contributed by atoms with Gasteiger partial charge in [-0.3, -0.25) is 0 Å². The van der Waals surface area contributed by atoms with Crippen molar-refractivity contribution in [3.8, 4) is 0 Å². The summed E-state index contributed by atoms with van der Waals surface area (Å²) in [7, 11) is 0. The van der Waals surface area contributed by atoms with E-state index in [0.29, 0.717) is 24.7 Å². The first-order valence-electron chi connectivity index (χ1n) is 7.37. The Hall–Kier alpha value is -2.09. The van der Waals surface area contributed by atoms with Crippen molar-refractivity contribution in [1.82, 2.24) is 15.0 Å². The van der Waals surface area contributed by atoms with Crippen molar-refractivity contribution in [2.45, 2.75) is 25.6 Å². The number of pyridine rings is 1. The zero-order valence-electron chi connectivity index (χ0n) is 12.8. The standard InChI is InChI=1S/C15H15ClF3N5/c1-9-20-4-2-13(22-9)23-11-3-5-24(8-11)14-12(16)6-10(7-21-14)15(17,18)19/h2,4,6-7,11H,3,5,8H2,1H3,(H,20,22,23). The number of hydrogen-bond acceptors (Lipinski definition) is 5. The fraction of sp³-hybridized carbons (Fsp3) is 0.400. The maximum absolute atomic E-state index is 12.7. The Kier molecular flexibility index (Phi) is 4.49. The van der Waals surface area contributed by atoms with Crippen molar-refractivity contribution < 1.29 is 13.2 Å². The van der Waals surface area contributed by atoms with Crippen LogP contribution in [0.4, 0.5) is 24.8 Å². The molecule has 128 valence electrons. The summed E-state index contributed by atoms with van der Waals surface area (Å²) in [6.07, 6.45) is -1.15. The third-order valence-corrected chi connectivity index (χ3v) is 4.04. The number of halogens is 4. The molecule has 1 aliphatic rings. The van der Waals surface area contributed by atoms with Gasteiger partial charge in [-0.2, -0.15) is 13.2 Å². The van der Waals surface area contributed by atoms with Crippen molar-refractivity contribution >= 4 is 23.2 Å². The lowest BCUT2D eigenvalue weighted by atomic mass is 10.2. The molecule has 1 N–H and O–H groups in total. The average molecular weight is 358 g/mol. The van der Waals surface area contributed by atoms with Crippen LogP contribution in [0.5, 0.6) is 0 Å². The topological polar surface area (TPSA) is 53.9 Å². The molecule has 0 aromatic carbocycles. The third-order valence-electron chi connectivity index (χ3n) is 3.76. The second-order valence-corrected chi connectivity index (χ2v) is 6.00. The van der Waals surface area contributed by atoms with Crippen LogP contribution in [0.25, 0.3) is 0 Å². The van der Waals surface area contributed by atoms with Crippen molar-refractivity contribution in [3.63, 3.8) is 0 Å². The second kappa shape index (κ2) is 6.43. The average Bonchev–Trinajstić information content (AvgIpc) is 2.94. The number of aryl methyl sites for hydroxylation is 1. The second-order valence-electron chi connectivity index (χ2n) is 5.59. The number of hydrogen-bond donors (Lipinski definition) is 1. The summed E-state index contributed by atoms with van der Waals surface area (Å²) in [5, 5.41) is 3.30. The van der Waals surface area contributed by atoms with E-state index in [-0.39, 0.29) is 11.1 Å². The molecule has 0 bridgehead atoms. The number of rotatable bonds is 3. The van der Waals surface area contributed by atoms with Crippen molar-refractivity contribution in [3.05, 3.63) is 40.9 Å². The number of nitrogens with zero attached hydrogens (tertiary/aromatic N) is 4.